The molecule has 1 aliphatic heterocycles. The molecule has 0 bridgehead atoms. The third-order valence-corrected chi connectivity index (χ3v) is 2.46. The van der Waals surface area contributed by atoms with Crippen LogP contribution in [0.3, 0.4) is 0 Å². The maximum atomic E-state index is 12.0. The normalized spacial score (nSPS) is 37.4. The van der Waals surface area contributed by atoms with Crippen molar-refractivity contribution < 1.29 is 43.1 Å². The van der Waals surface area contributed by atoms with Crippen molar-refractivity contribution in [2.24, 2.45) is 0 Å². The van der Waals surface area contributed by atoms with Crippen LogP contribution >= 0.6 is 0 Å². The molecular formula is C8H12F3NO6. The van der Waals surface area contributed by atoms with Crippen LogP contribution in [0.5, 0.6) is 0 Å². The summed E-state index contributed by atoms with van der Waals surface area (Å²) in [5.41, 5.74) is 0. The van der Waals surface area contributed by atoms with Crippen LogP contribution < -0.4 is 5.32 Å². The summed E-state index contributed by atoms with van der Waals surface area (Å²) >= 11 is 0. The SMILES string of the molecule is O=C(N[C@H]1[C@H](O)[C@@H](CO)OC(O)[C@@H]1O)C(F)(F)F. The molecule has 1 rings (SSSR count). The summed E-state index contributed by atoms with van der Waals surface area (Å²) < 4.78 is 40.6. The van der Waals surface area contributed by atoms with Crippen LogP contribution in [0.4, 0.5) is 13.2 Å². The molecule has 1 fully saturated rings. The van der Waals surface area contributed by atoms with E-state index >= 15 is 0 Å². The first-order valence-electron chi connectivity index (χ1n) is 4.86. The highest BCUT2D eigenvalue weighted by Crippen LogP contribution is 2.22. The standard InChI is InChI=1S/C8H12F3NO6/c9-8(10,11)7(17)12-3-4(14)2(1-13)18-6(16)5(3)15/h2-6,13-16H,1H2,(H,12,17)/t2-,3+,4-,5-,6?/m1/s1. The highest BCUT2D eigenvalue weighted by atomic mass is 19.4. The molecule has 10 heteroatoms. The molecule has 0 aromatic heterocycles. The third-order valence-electron chi connectivity index (χ3n) is 2.46. The van der Waals surface area contributed by atoms with Gasteiger partial charge in [0.1, 0.15) is 18.3 Å². The van der Waals surface area contributed by atoms with Gasteiger partial charge in [-0.3, -0.25) is 4.79 Å². The fraction of sp³-hybridized carbons (Fsp3) is 0.875. The van der Waals surface area contributed by atoms with Gasteiger partial charge in [-0.05, 0) is 0 Å². The summed E-state index contributed by atoms with van der Waals surface area (Å²) in [5.74, 6) is -2.38. The van der Waals surface area contributed by atoms with Crippen molar-refractivity contribution in [3.05, 3.63) is 0 Å². The van der Waals surface area contributed by atoms with Gasteiger partial charge in [0, 0.05) is 0 Å². The van der Waals surface area contributed by atoms with E-state index in [1.54, 1.807) is 0 Å². The maximum Gasteiger partial charge on any atom is 0.471 e. The summed E-state index contributed by atoms with van der Waals surface area (Å²) in [4.78, 5) is 10.7. The molecule has 7 nitrogen and oxygen atoms in total. The van der Waals surface area contributed by atoms with Gasteiger partial charge in [-0.25, -0.2) is 0 Å². The number of aliphatic hydroxyl groups excluding tert-OH is 4. The second kappa shape index (κ2) is 5.36. The molecule has 18 heavy (non-hydrogen) atoms. The van der Waals surface area contributed by atoms with Gasteiger partial charge in [0.05, 0.1) is 12.6 Å². The van der Waals surface area contributed by atoms with Gasteiger partial charge < -0.3 is 30.5 Å². The Bertz CT molecular complexity index is 312. The lowest BCUT2D eigenvalue weighted by Crippen LogP contribution is -2.65. The summed E-state index contributed by atoms with van der Waals surface area (Å²) in [6.07, 6.45) is -12.3. The highest BCUT2D eigenvalue weighted by Gasteiger charge is 2.48. The number of amides is 1. The smallest absolute Gasteiger partial charge is 0.394 e. The molecule has 0 saturated carbocycles. The lowest BCUT2D eigenvalue weighted by molar-refractivity contribution is -0.263. The highest BCUT2D eigenvalue weighted by molar-refractivity contribution is 5.82. The topological polar surface area (TPSA) is 119 Å². The Kier molecular flexibility index (Phi) is 4.50. The Labute approximate surface area is 98.8 Å². The molecule has 1 amide bonds. The summed E-state index contributed by atoms with van der Waals surface area (Å²) in [5, 5.41) is 38.1. The number of carbonyl (C=O) groups is 1. The number of nitrogens with one attached hydrogen (secondary N) is 1. The zero-order valence-corrected chi connectivity index (χ0v) is 8.83. The Morgan fingerprint density at radius 2 is 1.78 bits per heavy atom. The van der Waals surface area contributed by atoms with Crippen molar-refractivity contribution in [2.45, 2.75) is 36.8 Å². The van der Waals surface area contributed by atoms with Gasteiger partial charge in [-0.1, -0.05) is 0 Å². The first kappa shape index (κ1) is 15.1. The summed E-state index contributed by atoms with van der Waals surface area (Å²) in [6, 6.07) is -1.81. The number of alkyl halides is 3. The van der Waals surface area contributed by atoms with Gasteiger partial charge in [-0.15, -0.1) is 0 Å². The number of hydrogen-bond acceptors (Lipinski definition) is 6. The maximum absolute atomic E-state index is 12.0. The molecule has 106 valence electrons. The quantitative estimate of drug-likeness (QED) is 0.379. The predicted octanol–water partition coefficient (Wildman–Crippen LogP) is -2.54. The van der Waals surface area contributed by atoms with Crippen LogP contribution in [0, 0.1) is 0 Å². The summed E-state index contributed by atoms with van der Waals surface area (Å²) in [6.45, 7) is -0.802. The fourth-order valence-electron chi connectivity index (χ4n) is 1.51. The molecule has 0 spiro atoms. The van der Waals surface area contributed by atoms with Crippen LogP contribution in [-0.2, 0) is 9.53 Å². The van der Waals surface area contributed by atoms with E-state index in [0.717, 1.165) is 0 Å². The molecule has 0 radical (unpaired) electrons. The predicted molar refractivity (Wildman–Crippen MR) is 48.0 cm³/mol. The van der Waals surface area contributed by atoms with Crippen LogP contribution in [0.1, 0.15) is 0 Å². The molecule has 1 saturated heterocycles. The number of hydrogen-bond donors (Lipinski definition) is 5. The van der Waals surface area contributed by atoms with Crippen molar-refractivity contribution in [3.63, 3.8) is 0 Å². The monoisotopic (exact) mass is 275 g/mol. The third kappa shape index (κ3) is 3.09. The van der Waals surface area contributed by atoms with E-state index in [9.17, 15) is 28.2 Å². The van der Waals surface area contributed by atoms with Crippen LogP contribution in [0.25, 0.3) is 0 Å². The minimum atomic E-state index is -5.20. The van der Waals surface area contributed by atoms with E-state index in [0.29, 0.717) is 0 Å². The second-order valence-electron chi connectivity index (χ2n) is 3.73. The van der Waals surface area contributed by atoms with E-state index in [4.69, 9.17) is 10.2 Å². The molecular weight excluding hydrogens is 263 g/mol. The molecule has 5 N–H and O–H groups in total. The Morgan fingerprint density at radius 1 is 1.22 bits per heavy atom. The van der Waals surface area contributed by atoms with E-state index in [1.165, 1.54) is 5.32 Å². The second-order valence-corrected chi connectivity index (χ2v) is 3.73. The molecule has 0 aliphatic carbocycles. The number of carbonyl (C=O) groups excluding carboxylic acids is 1. The van der Waals surface area contributed by atoms with Crippen LogP contribution in [-0.4, -0.2) is 69.8 Å². The van der Waals surface area contributed by atoms with E-state index in [-0.39, 0.29) is 0 Å². The molecule has 5 atom stereocenters. The van der Waals surface area contributed by atoms with Gasteiger partial charge in [0.15, 0.2) is 6.29 Å². The fourth-order valence-corrected chi connectivity index (χ4v) is 1.51. The Balaban J connectivity index is 2.80. The molecule has 1 heterocycles. The number of rotatable bonds is 2. The largest absolute Gasteiger partial charge is 0.471 e. The number of aliphatic hydroxyl groups is 4. The van der Waals surface area contributed by atoms with E-state index < -0.39 is 49.3 Å². The Hall–Kier alpha value is -0.940. The first-order valence-corrected chi connectivity index (χ1v) is 4.86. The van der Waals surface area contributed by atoms with E-state index in [2.05, 4.69) is 4.74 Å². The average molecular weight is 275 g/mol. The zero-order valence-electron chi connectivity index (χ0n) is 8.83. The van der Waals surface area contributed by atoms with Crippen molar-refractivity contribution in [2.75, 3.05) is 6.61 Å². The average Bonchev–Trinajstić information content (AvgIpc) is 2.27. The first-order chi connectivity index (χ1) is 8.18. The lowest BCUT2D eigenvalue weighted by atomic mass is 9.96. The molecule has 0 aromatic carbocycles. The van der Waals surface area contributed by atoms with Gasteiger partial charge in [-0.2, -0.15) is 13.2 Å². The van der Waals surface area contributed by atoms with Gasteiger partial charge in [0.25, 0.3) is 0 Å². The van der Waals surface area contributed by atoms with Crippen molar-refractivity contribution in [3.8, 4) is 0 Å². The number of halogens is 3. The van der Waals surface area contributed by atoms with Crippen molar-refractivity contribution in [1.82, 2.24) is 5.32 Å². The molecule has 1 aliphatic rings. The lowest BCUT2D eigenvalue weighted by Gasteiger charge is -2.40. The van der Waals surface area contributed by atoms with Crippen LogP contribution in [0.2, 0.25) is 0 Å². The van der Waals surface area contributed by atoms with Crippen LogP contribution in [0.15, 0.2) is 0 Å². The minimum absolute atomic E-state index is 0.802. The van der Waals surface area contributed by atoms with E-state index in [1.807, 2.05) is 0 Å². The van der Waals surface area contributed by atoms with Crippen molar-refractivity contribution >= 4 is 5.91 Å². The minimum Gasteiger partial charge on any atom is -0.394 e. The zero-order chi connectivity index (χ0) is 14.1. The Morgan fingerprint density at radius 3 is 2.22 bits per heavy atom. The molecule has 1 unspecified atom stereocenters. The summed E-state index contributed by atoms with van der Waals surface area (Å²) in [7, 11) is 0. The number of ether oxygens (including phenoxy) is 1. The van der Waals surface area contributed by atoms with Gasteiger partial charge >= 0.3 is 12.1 Å². The van der Waals surface area contributed by atoms with Crippen molar-refractivity contribution in [1.29, 1.82) is 0 Å². The molecule has 0 aromatic rings. The van der Waals surface area contributed by atoms with Gasteiger partial charge in [0.2, 0.25) is 0 Å².